The van der Waals surface area contributed by atoms with Crippen LogP contribution in [0.2, 0.25) is 0 Å². The standard InChI is InChI=1S/C17H34N2O3/c1-6-8-15-11-14(9-10-21-15)19-13(7-2)12-18-16(20)22-17(3,4)5/h13-15,19H,6-12H2,1-5H3,(H,18,20). The zero-order valence-electron chi connectivity index (χ0n) is 14.9. The minimum absolute atomic E-state index is 0.276. The SMILES string of the molecule is CCCC1CC(NC(CC)CNC(=O)OC(C)(C)C)CCO1. The van der Waals surface area contributed by atoms with Crippen molar-refractivity contribution in [1.29, 1.82) is 0 Å². The lowest BCUT2D eigenvalue weighted by Crippen LogP contribution is -2.48. The van der Waals surface area contributed by atoms with Crippen LogP contribution in [0, 0.1) is 0 Å². The number of nitrogens with one attached hydrogen (secondary N) is 2. The highest BCUT2D eigenvalue weighted by Gasteiger charge is 2.24. The number of carbonyl (C=O) groups excluding carboxylic acids is 1. The molecule has 1 amide bonds. The number of carbonyl (C=O) groups is 1. The summed E-state index contributed by atoms with van der Waals surface area (Å²) < 4.78 is 11.1. The van der Waals surface area contributed by atoms with Gasteiger partial charge in [-0.1, -0.05) is 20.3 Å². The number of hydrogen-bond acceptors (Lipinski definition) is 4. The molecule has 0 spiro atoms. The van der Waals surface area contributed by atoms with E-state index in [0.717, 1.165) is 38.7 Å². The number of rotatable bonds is 7. The Hall–Kier alpha value is -0.810. The first-order valence-corrected chi connectivity index (χ1v) is 8.68. The van der Waals surface area contributed by atoms with Gasteiger partial charge in [0, 0.05) is 25.2 Å². The molecule has 22 heavy (non-hydrogen) atoms. The van der Waals surface area contributed by atoms with E-state index in [0.29, 0.717) is 18.7 Å². The lowest BCUT2D eigenvalue weighted by molar-refractivity contribution is -0.00523. The third-order valence-electron chi connectivity index (χ3n) is 3.83. The minimum Gasteiger partial charge on any atom is -0.444 e. The largest absolute Gasteiger partial charge is 0.444 e. The van der Waals surface area contributed by atoms with Crippen molar-refractivity contribution in [2.45, 2.75) is 90.5 Å². The third-order valence-corrected chi connectivity index (χ3v) is 3.83. The molecule has 0 saturated carbocycles. The number of alkyl carbamates (subject to hydrolysis) is 1. The lowest BCUT2D eigenvalue weighted by Gasteiger charge is -2.33. The molecule has 1 saturated heterocycles. The summed E-state index contributed by atoms with van der Waals surface area (Å²) in [7, 11) is 0. The Morgan fingerprint density at radius 1 is 1.36 bits per heavy atom. The second-order valence-corrected chi connectivity index (χ2v) is 7.16. The monoisotopic (exact) mass is 314 g/mol. The van der Waals surface area contributed by atoms with Gasteiger partial charge >= 0.3 is 6.09 Å². The van der Waals surface area contributed by atoms with Crippen LogP contribution in [0.1, 0.15) is 66.7 Å². The maximum atomic E-state index is 11.7. The summed E-state index contributed by atoms with van der Waals surface area (Å²) in [6, 6.07) is 0.758. The van der Waals surface area contributed by atoms with E-state index in [1.807, 2.05) is 20.8 Å². The molecule has 1 rings (SSSR count). The van der Waals surface area contributed by atoms with Crippen LogP contribution >= 0.6 is 0 Å². The molecule has 1 aliphatic rings. The first-order valence-electron chi connectivity index (χ1n) is 8.68. The van der Waals surface area contributed by atoms with E-state index in [9.17, 15) is 4.79 Å². The van der Waals surface area contributed by atoms with Crippen molar-refractivity contribution >= 4 is 6.09 Å². The molecule has 1 aliphatic heterocycles. The van der Waals surface area contributed by atoms with E-state index in [1.165, 1.54) is 0 Å². The van der Waals surface area contributed by atoms with Gasteiger partial charge in [-0.25, -0.2) is 4.79 Å². The van der Waals surface area contributed by atoms with E-state index in [1.54, 1.807) is 0 Å². The molecule has 3 unspecified atom stereocenters. The van der Waals surface area contributed by atoms with Crippen LogP contribution < -0.4 is 10.6 Å². The van der Waals surface area contributed by atoms with Crippen molar-refractivity contribution in [3.63, 3.8) is 0 Å². The van der Waals surface area contributed by atoms with Gasteiger partial charge in [0.1, 0.15) is 5.60 Å². The maximum absolute atomic E-state index is 11.7. The van der Waals surface area contributed by atoms with E-state index >= 15 is 0 Å². The topological polar surface area (TPSA) is 59.6 Å². The van der Waals surface area contributed by atoms with E-state index in [4.69, 9.17) is 9.47 Å². The molecular weight excluding hydrogens is 280 g/mol. The third kappa shape index (κ3) is 7.99. The number of ether oxygens (including phenoxy) is 2. The van der Waals surface area contributed by atoms with Crippen molar-refractivity contribution in [1.82, 2.24) is 10.6 Å². The van der Waals surface area contributed by atoms with Crippen LogP contribution in [-0.4, -0.2) is 43.0 Å². The van der Waals surface area contributed by atoms with E-state index < -0.39 is 5.60 Å². The lowest BCUT2D eigenvalue weighted by atomic mass is 9.99. The van der Waals surface area contributed by atoms with Crippen molar-refractivity contribution in [3.8, 4) is 0 Å². The van der Waals surface area contributed by atoms with Crippen molar-refractivity contribution in [2.24, 2.45) is 0 Å². The fraction of sp³-hybridized carbons (Fsp3) is 0.941. The fourth-order valence-electron chi connectivity index (χ4n) is 2.73. The highest BCUT2D eigenvalue weighted by Crippen LogP contribution is 2.18. The summed E-state index contributed by atoms with van der Waals surface area (Å²) >= 11 is 0. The predicted octanol–water partition coefficient (Wildman–Crippen LogP) is 3.23. The Bertz CT molecular complexity index is 326. The molecule has 1 heterocycles. The summed E-state index contributed by atoms with van der Waals surface area (Å²) in [5, 5.41) is 6.52. The van der Waals surface area contributed by atoms with Crippen molar-refractivity contribution < 1.29 is 14.3 Å². The van der Waals surface area contributed by atoms with Crippen molar-refractivity contribution in [3.05, 3.63) is 0 Å². The smallest absolute Gasteiger partial charge is 0.407 e. The van der Waals surface area contributed by atoms with Crippen LogP contribution in [0.4, 0.5) is 4.79 Å². The van der Waals surface area contributed by atoms with Gasteiger partial charge in [0.05, 0.1) is 6.10 Å². The molecule has 3 atom stereocenters. The Kier molecular flexibility index (Phi) is 8.18. The van der Waals surface area contributed by atoms with Gasteiger partial charge in [0.15, 0.2) is 0 Å². The highest BCUT2D eigenvalue weighted by atomic mass is 16.6. The van der Waals surface area contributed by atoms with Crippen LogP contribution in [0.15, 0.2) is 0 Å². The van der Waals surface area contributed by atoms with Gasteiger partial charge in [-0.05, 0) is 46.5 Å². The molecule has 0 aliphatic carbocycles. The summed E-state index contributed by atoms with van der Waals surface area (Å²) in [6.45, 7) is 11.4. The zero-order valence-corrected chi connectivity index (χ0v) is 14.9. The fourth-order valence-corrected chi connectivity index (χ4v) is 2.73. The Labute approximate surface area is 135 Å². The minimum atomic E-state index is -0.451. The van der Waals surface area contributed by atoms with Crippen LogP contribution in [-0.2, 0) is 9.47 Å². The zero-order chi connectivity index (χ0) is 16.6. The summed E-state index contributed by atoms with van der Waals surface area (Å²) in [5.74, 6) is 0. The Balaban J connectivity index is 2.33. The predicted molar refractivity (Wildman–Crippen MR) is 89.1 cm³/mol. The molecule has 1 fully saturated rings. The second kappa shape index (κ2) is 9.36. The van der Waals surface area contributed by atoms with Crippen LogP contribution in [0.25, 0.3) is 0 Å². The van der Waals surface area contributed by atoms with Gasteiger partial charge in [-0.3, -0.25) is 0 Å². The molecular formula is C17H34N2O3. The summed E-state index contributed by atoms with van der Waals surface area (Å²) in [5.41, 5.74) is -0.451. The van der Waals surface area contributed by atoms with Gasteiger partial charge < -0.3 is 20.1 Å². The van der Waals surface area contributed by atoms with Crippen molar-refractivity contribution in [2.75, 3.05) is 13.2 Å². The van der Waals surface area contributed by atoms with E-state index in [-0.39, 0.29) is 12.1 Å². The van der Waals surface area contributed by atoms with Gasteiger partial charge in [0.2, 0.25) is 0 Å². The summed E-state index contributed by atoms with van der Waals surface area (Å²) in [4.78, 5) is 11.7. The molecule has 0 bridgehead atoms. The van der Waals surface area contributed by atoms with E-state index in [2.05, 4.69) is 24.5 Å². The highest BCUT2D eigenvalue weighted by molar-refractivity contribution is 5.67. The van der Waals surface area contributed by atoms with Crippen LogP contribution in [0.3, 0.4) is 0 Å². The summed E-state index contributed by atoms with van der Waals surface area (Å²) in [6.07, 6.45) is 5.42. The molecule has 130 valence electrons. The van der Waals surface area contributed by atoms with Gasteiger partial charge in [-0.2, -0.15) is 0 Å². The molecule has 0 aromatic carbocycles. The first kappa shape index (κ1) is 19.2. The Morgan fingerprint density at radius 3 is 2.68 bits per heavy atom. The molecule has 2 N–H and O–H groups in total. The molecule has 5 heteroatoms. The van der Waals surface area contributed by atoms with Crippen LogP contribution in [0.5, 0.6) is 0 Å². The normalized spacial score (nSPS) is 23.9. The molecule has 5 nitrogen and oxygen atoms in total. The number of amides is 1. The average Bonchev–Trinajstić information content (AvgIpc) is 2.42. The second-order valence-electron chi connectivity index (χ2n) is 7.16. The first-order chi connectivity index (χ1) is 10.3. The molecule has 0 aromatic rings. The number of hydrogen-bond donors (Lipinski definition) is 2. The van der Waals surface area contributed by atoms with Gasteiger partial charge in [0.25, 0.3) is 0 Å². The molecule has 0 radical (unpaired) electrons. The Morgan fingerprint density at radius 2 is 2.09 bits per heavy atom. The maximum Gasteiger partial charge on any atom is 0.407 e. The average molecular weight is 314 g/mol. The quantitative estimate of drug-likeness (QED) is 0.757. The molecule has 0 aromatic heterocycles. The van der Waals surface area contributed by atoms with Gasteiger partial charge in [-0.15, -0.1) is 0 Å².